The van der Waals surface area contributed by atoms with E-state index in [1.54, 1.807) is 0 Å². The summed E-state index contributed by atoms with van der Waals surface area (Å²) in [5.74, 6) is 1.94. The molecule has 1 rings (SSSR count). The predicted octanol–water partition coefficient (Wildman–Crippen LogP) is 2.67. The maximum Gasteiger partial charge on any atom is 0.120 e. The van der Waals surface area contributed by atoms with Gasteiger partial charge in [0.25, 0.3) is 0 Å². The number of hydrogen-bond donors (Lipinski definition) is 1. The summed E-state index contributed by atoms with van der Waals surface area (Å²) in [6.45, 7) is 11.2. The minimum Gasteiger partial charge on any atom is -0.463 e. The Labute approximate surface area is 98.6 Å². The summed E-state index contributed by atoms with van der Waals surface area (Å²) < 4.78 is 5.72. The Morgan fingerprint density at radius 2 is 2.12 bits per heavy atom. The molecular weight excluding hydrogens is 200 g/mol. The van der Waals surface area contributed by atoms with Crippen molar-refractivity contribution in [2.75, 3.05) is 6.54 Å². The summed E-state index contributed by atoms with van der Waals surface area (Å²) in [6, 6.07) is 2.65. The van der Waals surface area contributed by atoms with E-state index in [9.17, 15) is 0 Å². The summed E-state index contributed by atoms with van der Waals surface area (Å²) in [6.07, 6.45) is 1.17. The first-order valence-electron chi connectivity index (χ1n) is 6.10. The fraction of sp³-hybridized carbons (Fsp3) is 0.692. The van der Waals surface area contributed by atoms with Crippen LogP contribution in [-0.2, 0) is 13.1 Å². The third kappa shape index (κ3) is 3.35. The maximum absolute atomic E-state index is 5.72. The first kappa shape index (κ1) is 13.3. The second-order valence-electron chi connectivity index (χ2n) is 4.59. The van der Waals surface area contributed by atoms with Crippen molar-refractivity contribution in [2.45, 2.75) is 53.2 Å². The van der Waals surface area contributed by atoms with Crippen LogP contribution in [0, 0.1) is 6.92 Å². The van der Waals surface area contributed by atoms with Gasteiger partial charge in [-0.05, 0) is 45.4 Å². The molecule has 16 heavy (non-hydrogen) atoms. The Morgan fingerprint density at radius 3 is 2.56 bits per heavy atom. The smallest absolute Gasteiger partial charge is 0.120 e. The Balaban J connectivity index is 2.69. The molecule has 0 saturated heterocycles. The Morgan fingerprint density at radius 1 is 1.44 bits per heavy atom. The van der Waals surface area contributed by atoms with Gasteiger partial charge in [-0.25, -0.2) is 0 Å². The summed E-state index contributed by atoms with van der Waals surface area (Å²) >= 11 is 0. The molecule has 1 heterocycles. The SMILES string of the molecule is CCCN(Cc1cc(C)c(CN)o1)C(C)C. The van der Waals surface area contributed by atoms with Crippen LogP contribution in [-0.4, -0.2) is 17.5 Å². The molecule has 92 valence electrons. The highest BCUT2D eigenvalue weighted by atomic mass is 16.3. The van der Waals surface area contributed by atoms with E-state index in [-0.39, 0.29) is 0 Å². The van der Waals surface area contributed by atoms with Crippen molar-refractivity contribution >= 4 is 0 Å². The van der Waals surface area contributed by atoms with Crippen LogP contribution >= 0.6 is 0 Å². The van der Waals surface area contributed by atoms with E-state index in [1.165, 1.54) is 6.42 Å². The summed E-state index contributed by atoms with van der Waals surface area (Å²) in [4.78, 5) is 2.42. The molecule has 0 aliphatic rings. The number of hydrogen-bond acceptors (Lipinski definition) is 3. The van der Waals surface area contributed by atoms with E-state index >= 15 is 0 Å². The van der Waals surface area contributed by atoms with Crippen LogP contribution in [0.3, 0.4) is 0 Å². The zero-order valence-corrected chi connectivity index (χ0v) is 10.9. The van der Waals surface area contributed by atoms with Crippen LogP contribution in [0.5, 0.6) is 0 Å². The van der Waals surface area contributed by atoms with Gasteiger partial charge in [0, 0.05) is 6.04 Å². The zero-order chi connectivity index (χ0) is 12.1. The highest BCUT2D eigenvalue weighted by molar-refractivity contribution is 5.19. The van der Waals surface area contributed by atoms with Gasteiger partial charge in [0.2, 0.25) is 0 Å². The van der Waals surface area contributed by atoms with Crippen molar-refractivity contribution in [1.82, 2.24) is 4.90 Å². The minimum atomic E-state index is 0.487. The standard InChI is InChI=1S/C13H24N2O/c1-5-6-15(10(2)3)9-12-7-11(4)13(8-14)16-12/h7,10H,5-6,8-9,14H2,1-4H3. The van der Waals surface area contributed by atoms with E-state index in [1.807, 2.05) is 0 Å². The van der Waals surface area contributed by atoms with E-state index < -0.39 is 0 Å². The molecular formula is C13H24N2O. The predicted molar refractivity (Wildman–Crippen MR) is 67.2 cm³/mol. The van der Waals surface area contributed by atoms with E-state index in [2.05, 4.69) is 38.7 Å². The summed E-state index contributed by atoms with van der Waals surface area (Å²) in [7, 11) is 0. The molecule has 3 heteroatoms. The molecule has 3 nitrogen and oxygen atoms in total. The lowest BCUT2D eigenvalue weighted by Crippen LogP contribution is -2.30. The molecule has 0 unspecified atom stereocenters. The summed E-state index contributed by atoms with van der Waals surface area (Å²) in [5, 5.41) is 0. The number of aryl methyl sites for hydroxylation is 1. The maximum atomic E-state index is 5.72. The normalized spacial score (nSPS) is 11.7. The molecule has 0 bridgehead atoms. The molecule has 0 aliphatic carbocycles. The second kappa shape index (κ2) is 6.06. The van der Waals surface area contributed by atoms with E-state index in [0.29, 0.717) is 12.6 Å². The topological polar surface area (TPSA) is 42.4 Å². The van der Waals surface area contributed by atoms with Crippen LogP contribution in [0.2, 0.25) is 0 Å². The molecule has 1 aromatic heterocycles. The number of nitrogens with zero attached hydrogens (tertiary/aromatic N) is 1. The minimum absolute atomic E-state index is 0.487. The Hall–Kier alpha value is -0.800. The number of nitrogens with two attached hydrogens (primary N) is 1. The lowest BCUT2D eigenvalue weighted by molar-refractivity contribution is 0.195. The van der Waals surface area contributed by atoms with Crippen LogP contribution in [0.1, 0.15) is 44.3 Å². The summed E-state index contributed by atoms with van der Waals surface area (Å²) in [5.41, 5.74) is 6.77. The van der Waals surface area contributed by atoms with Crippen LogP contribution in [0.25, 0.3) is 0 Å². The second-order valence-corrected chi connectivity index (χ2v) is 4.59. The van der Waals surface area contributed by atoms with Crippen LogP contribution < -0.4 is 5.73 Å². The molecule has 0 saturated carbocycles. The monoisotopic (exact) mass is 224 g/mol. The molecule has 0 amide bonds. The van der Waals surface area contributed by atoms with Gasteiger partial charge >= 0.3 is 0 Å². The molecule has 1 aromatic rings. The van der Waals surface area contributed by atoms with Gasteiger partial charge in [0.1, 0.15) is 11.5 Å². The van der Waals surface area contributed by atoms with Crippen molar-refractivity contribution in [3.05, 3.63) is 23.2 Å². The lowest BCUT2D eigenvalue weighted by atomic mass is 10.2. The molecule has 0 atom stereocenters. The average Bonchev–Trinajstić information content (AvgIpc) is 2.58. The third-order valence-electron chi connectivity index (χ3n) is 2.86. The molecule has 0 radical (unpaired) electrons. The van der Waals surface area contributed by atoms with Gasteiger partial charge in [-0.15, -0.1) is 0 Å². The van der Waals surface area contributed by atoms with E-state index in [0.717, 1.165) is 30.2 Å². The van der Waals surface area contributed by atoms with Gasteiger partial charge in [0.05, 0.1) is 13.1 Å². The first-order valence-corrected chi connectivity index (χ1v) is 6.10. The van der Waals surface area contributed by atoms with Crippen molar-refractivity contribution < 1.29 is 4.42 Å². The molecule has 0 aliphatic heterocycles. The van der Waals surface area contributed by atoms with Crippen molar-refractivity contribution in [3.8, 4) is 0 Å². The fourth-order valence-electron chi connectivity index (χ4n) is 1.88. The van der Waals surface area contributed by atoms with Crippen molar-refractivity contribution in [3.63, 3.8) is 0 Å². The Kier molecular flexibility index (Phi) is 5.03. The average molecular weight is 224 g/mol. The van der Waals surface area contributed by atoms with Gasteiger partial charge in [-0.1, -0.05) is 6.92 Å². The highest BCUT2D eigenvalue weighted by Gasteiger charge is 2.13. The fourth-order valence-corrected chi connectivity index (χ4v) is 1.88. The highest BCUT2D eigenvalue weighted by Crippen LogP contribution is 2.17. The molecule has 0 spiro atoms. The van der Waals surface area contributed by atoms with Crippen molar-refractivity contribution in [1.29, 1.82) is 0 Å². The zero-order valence-electron chi connectivity index (χ0n) is 10.9. The molecule has 0 aromatic carbocycles. The van der Waals surface area contributed by atoms with Gasteiger partial charge in [-0.2, -0.15) is 0 Å². The van der Waals surface area contributed by atoms with Gasteiger partial charge < -0.3 is 10.2 Å². The Bertz CT molecular complexity index is 318. The van der Waals surface area contributed by atoms with Crippen LogP contribution in [0.15, 0.2) is 10.5 Å². The number of furan rings is 1. The third-order valence-corrected chi connectivity index (χ3v) is 2.86. The van der Waals surface area contributed by atoms with Crippen molar-refractivity contribution in [2.24, 2.45) is 5.73 Å². The molecule has 0 fully saturated rings. The quantitative estimate of drug-likeness (QED) is 0.807. The van der Waals surface area contributed by atoms with Gasteiger partial charge in [0.15, 0.2) is 0 Å². The molecule has 2 N–H and O–H groups in total. The van der Waals surface area contributed by atoms with Gasteiger partial charge in [-0.3, -0.25) is 4.90 Å². The van der Waals surface area contributed by atoms with Crippen LogP contribution in [0.4, 0.5) is 0 Å². The van der Waals surface area contributed by atoms with E-state index in [4.69, 9.17) is 10.2 Å². The largest absolute Gasteiger partial charge is 0.463 e. The first-order chi connectivity index (χ1) is 7.58. The lowest BCUT2D eigenvalue weighted by Gasteiger charge is -2.24. The number of rotatable bonds is 6.